The van der Waals surface area contributed by atoms with E-state index in [2.05, 4.69) is 5.32 Å². The van der Waals surface area contributed by atoms with E-state index in [1.54, 1.807) is 11.8 Å². The standard InChI is InChI=1S/C13H17N3OS2/c14-12-10-19-13(18)16(12)8-6-15-7-9-17-11-4-2-1-3-5-11/h1-5,14-15H,6-10H2. The van der Waals surface area contributed by atoms with E-state index in [1.165, 1.54) is 0 Å². The number of amidine groups is 1. The molecule has 1 saturated heterocycles. The van der Waals surface area contributed by atoms with Crippen molar-refractivity contribution in [2.75, 3.05) is 32.0 Å². The Balaban J connectivity index is 1.55. The summed E-state index contributed by atoms with van der Waals surface area (Å²) in [6.45, 7) is 2.99. The van der Waals surface area contributed by atoms with E-state index in [4.69, 9.17) is 22.4 Å². The van der Waals surface area contributed by atoms with Crippen LogP contribution >= 0.6 is 24.0 Å². The fraction of sp³-hybridized carbons (Fsp3) is 0.385. The summed E-state index contributed by atoms with van der Waals surface area (Å²) in [7, 11) is 0. The number of benzene rings is 1. The Morgan fingerprint density at radius 1 is 1.32 bits per heavy atom. The van der Waals surface area contributed by atoms with E-state index >= 15 is 0 Å². The first-order valence-corrected chi connectivity index (χ1v) is 7.57. The molecular weight excluding hydrogens is 278 g/mol. The summed E-state index contributed by atoms with van der Waals surface area (Å²) in [5, 5.41) is 11.0. The Bertz CT molecular complexity index is 423. The third-order valence-electron chi connectivity index (χ3n) is 2.68. The molecule has 0 aromatic heterocycles. The molecule has 1 aliphatic heterocycles. The third-order valence-corrected chi connectivity index (χ3v) is 4.14. The zero-order valence-corrected chi connectivity index (χ0v) is 12.2. The lowest BCUT2D eigenvalue weighted by Gasteiger charge is -2.17. The molecule has 0 amide bonds. The van der Waals surface area contributed by atoms with Gasteiger partial charge in [0.15, 0.2) is 0 Å². The molecule has 0 bridgehead atoms. The van der Waals surface area contributed by atoms with E-state index in [1.807, 2.05) is 35.2 Å². The van der Waals surface area contributed by atoms with Crippen LogP contribution in [0.25, 0.3) is 0 Å². The second kappa shape index (κ2) is 7.47. The number of thioether (sulfide) groups is 1. The molecule has 102 valence electrons. The second-order valence-electron chi connectivity index (χ2n) is 4.06. The van der Waals surface area contributed by atoms with Crippen molar-refractivity contribution in [3.05, 3.63) is 30.3 Å². The van der Waals surface area contributed by atoms with Crippen molar-refractivity contribution in [3.8, 4) is 5.75 Å². The molecule has 0 radical (unpaired) electrons. The van der Waals surface area contributed by atoms with Crippen molar-refractivity contribution >= 4 is 34.1 Å². The largest absolute Gasteiger partial charge is 0.492 e. The molecule has 1 fully saturated rings. The second-order valence-corrected chi connectivity index (χ2v) is 5.67. The van der Waals surface area contributed by atoms with Crippen molar-refractivity contribution in [3.63, 3.8) is 0 Å². The number of para-hydroxylation sites is 1. The zero-order valence-electron chi connectivity index (χ0n) is 10.6. The van der Waals surface area contributed by atoms with Crippen molar-refractivity contribution in [1.29, 1.82) is 5.41 Å². The first-order chi connectivity index (χ1) is 9.27. The van der Waals surface area contributed by atoms with E-state index in [-0.39, 0.29) is 0 Å². The first-order valence-electron chi connectivity index (χ1n) is 6.17. The van der Waals surface area contributed by atoms with Crippen LogP contribution in [0, 0.1) is 5.41 Å². The van der Waals surface area contributed by atoms with Gasteiger partial charge in [-0.2, -0.15) is 0 Å². The van der Waals surface area contributed by atoms with Gasteiger partial charge in [0.2, 0.25) is 0 Å². The normalized spacial score (nSPS) is 15.1. The molecule has 6 heteroatoms. The van der Waals surface area contributed by atoms with Crippen LogP contribution in [-0.2, 0) is 0 Å². The van der Waals surface area contributed by atoms with Crippen molar-refractivity contribution < 1.29 is 4.74 Å². The Labute approximate surface area is 123 Å². The van der Waals surface area contributed by atoms with Crippen LogP contribution < -0.4 is 10.1 Å². The predicted molar refractivity (Wildman–Crippen MR) is 84.3 cm³/mol. The van der Waals surface area contributed by atoms with Crippen LogP contribution in [0.4, 0.5) is 0 Å². The van der Waals surface area contributed by atoms with Crippen LogP contribution in [0.1, 0.15) is 0 Å². The maximum Gasteiger partial charge on any atom is 0.142 e. The minimum Gasteiger partial charge on any atom is -0.492 e. The number of nitrogens with one attached hydrogen (secondary N) is 2. The van der Waals surface area contributed by atoms with Crippen LogP contribution in [0.2, 0.25) is 0 Å². The maximum absolute atomic E-state index is 7.73. The Kier molecular flexibility index (Phi) is 5.62. The summed E-state index contributed by atoms with van der Waals surface area (Å²) < 4.78 is 6.38. The molecule has 2 rings (SSSR count). The van der Waals surface area contributed by atoms with E-state index in [0.29, 0.717) is 18.2 Å². The van der Waals surface area contributed by atoms with E-state index < -0.39 is 0 Å². The van der Waals surface area contributed by atoms with Gasteiger partial charge in [-0.3, -0.25) is 5.41 Å². The monoisotopic (exact) mass is 295 g/mol. The smallest absolute Gasteiger partial charge is 0.142 e. The maximum atomic E-state index is 7.73. The zero-order chi connectivity index (χ0) is 13.5. The predicted octanol–water partition coefficient (Wildman–Crippen LogP) is 1.97. The summed E-state index contributed by atoms with van der Waals surface area (Å²) in [6, 6.07) is 9.78. The molecule has 19 heavy (non-hydrogen) atoms. The molecule has 4 nitrogen and oxygen atoms in total. The number of hydrogen-bond acceptors (Lipinski definition) is 5. The number of ether oxygens (including phenoxy) is 1. The first kappa shape index (κ1) is 14.3. The highest BCUT2D eigenvalue weighted by molar-refractivity contribution is 8.23. The molecule has 1 aromatic carbocycles. The quantitative estimate of drug-likeness (QED) is 0.595. The molecule has 1 aromatic rings. The lowest BCUT2D eigenvalue weighted by molar-refractivity contribution is 0.313. The van der Waals surface area contributed by atoms with Gasteiger partial charge in [0.25, 0.3) is 0 Å². The highest BCUT2D eigenvalue weighted by Gasteiger charge is 2.22. The number of rotatable bonds is 7. The minimum absolute atomic E-state index is 0.609. The lowest BCUT2D eigenvalue weighted by atomic mass is 10.3. The van der Waals surface area contributed by atoms with Crippen LogP contribution in [0.5, 0.6) is 5.75 Å². The molecule has 0 atom stereocenters. The molecule has 1 heterocycles. The van der Waals surface area contributed by atoms with Gasteiger partial charge in [-0.15, -0.1) is 0 Å². The topological polar surface area (TPSA) is 48.4 Å². The Morgan fingerprint density at radius 3 is 2.79 bits per heavy atom. The highest BCUT2D eigenvalue weighted by Crippen LogP contribution is 2.18. The molecule has 0 saturated carbocycles. The molecule has 1 aliphatic rings. The van der Waals surface area contributed by atoms with Crippen LogP contribution in [-0.4, -0.2) is 47.1 Å². The average molecular weight is 295 g/mol. The molecule has 2 N–H and O–H groups in total. The Hall–Kier alpha value is -1.11. The number of nitrogens with zero attached hydrogens (tertiary/aromatic N) is 1. The summed E-state index contributed by atoms with van der Waals surface area (Å²) in [4.78, 5) is 1.88. The minimum atomic E-state index is 0.609. The molecule has 0 spiro atoms. The Morgan fingerprint density at radius 2 is 2.11 bits per heavy atom. The third kappa shape index (κ3) is 4.49. The number of thiocarbonyl (C=S) groups is 1. The van der Waals surface area contributed by atoms with Gasteiger partial charge in [0.1, 0.15) is 22.5 Å². The van der Waals surface area contributed by atoms with Crippen LogP contribution in [0.3, 0.4) is 0 Å². The van der Waals surface area contributed by atoms with Gasteiger partial charge in [0, 0.05) is 19.6 Å². The molecule has 0 aliphatic carbocycles. The molecular formula is C13H17N3OS2. The summed E-state index contributed by atoms with van der Waals surface area (Å²) in [5.41, 5.74) is 0. The fourth-order valence-corrected chi connectivity index (χ4v) is 2.85. The van der Waals surface area contributed by atoms with Crippen molar-refractivity contribution in [1.82, 2.24) is 10.2 Å². The van der Waals surface area contributed by atoms with Gasteiger partial charge in [-0.05, 0) is 12.1 Å². The summed E-state index contributed by atoms with van der Waals surface area (Å²) >= 11 is 6.74. The van der Waals surface area contributed by atoms with Crippen molar-refractivity contribution in [2.45, 2.75) is 0 Å². The van der Waals surface area contributed by atoms with Gasteiger partial charge in [-0.25, -0.2) is 0 Å². The van der Waals surface area contributed by atoms with Gasteiger partial charge in [0.05, 0.1) is 5.75 Å². The number of hydrogen-bond donors (Lipinski definition) is 2. The van der Waals surface area contributed by atoms with Crippen molar-refractivity contribution in [2.24, 2.45) is 0 Å². The van der Waals surface area contributed by atoms with Crippen LogP contribution in [0.15, 0.2) is 30.3 Å². The van der Waals surface area contributed by atoms with Gasteiger partial charge in [-0.1, -0.05) is 42.2 Å². The summed E-state index contributed by atoms with van der Waals surface area (Å²) in [5.74, 6) is 2.20. The fourth-order valence-electron chi connectivity index (χ4n) is 1.70. The highest BCUT2D eigenvalue weighted by atomic mass is 32.2. The molecule has 0 unspecified atom stereocenters. The summed E-state index contributed by atoms with van der Waals surface area (Å²) in [6.07, 6.45) is 0. The van der Waals surface area contributed by atoms with Gasteiger partial charge >= 0.3 is 0 Å². The lowest BCUT2D eigenvalue weighted by Crippen LogP contribution is -2.36. The van der Waals surface area contributed by atoms with Gasteiger partial charge < -0.3 is 15.0 Å². The van der Waals surface area contributed by atoms with E-state index in [0.717, 1.165) is 29.7 Å². The van der Waals surface area contributed by atoms with E-state index in [9.17, 15) is 0 Å². The SMILES string of the molecule is N=C1CSC(=S)N1CCNCCOc1ccccc1. The average Bonchev–Trinajstić information content (AvgIpc) is 2.75.